The summed E-state index contributed by atoms with van der Waals surface area (Å²) in [4.78, 5) is 22.5. The van der Waals surface area contributed by atoms with E-state index in [9.17, 15) is 18.4 Å². The number of hydrogen-bond acceptors (Lipinski definition) is 3. The molecule has 0 aromatic heterocycles. The van der Waals surface area contributed by atoms with E-state index in [2.05, 4.69) is 0 Å². The van der Waals surface area contributed by atoms with Crippen molar-refractivity contribution < 1.29 is 23.1 Å². The lowest BCUT2D eigenvalue weighted by Crippen LogP contribution is -2.27. The molecular formula is C16H24F2O3. The van der Waals surface area contributed by atoms with E-state index in [1.807, 2.05) is 13.8 Å². The lowest BCUT2D eigenvalue weighted by Gasteiger charge is -2.18. The van der Waals surface area contributed by atoms with Crippen molar-refractivity contribution in [3.63, 3.8) is 0 Å². The molecule has 0 bridgehead atoms. The van der Waals surface area contributed by atoms with Gasteiger partial charge in [0.1, 0.15) is 6.10 Å². The Balaban J connectivity index is 2.57. The minimum Gasteiger partial charge on any atom is -0.462 e. The molecule has 0 aliphatic heterocycles. The molecule has 3 unspecified atom stereocenters. The monoisotopic (exact) mass is 302 g/mol. The molecule has 0 amide bonds. The first-order valence-electron chi connectivity index (χ1n) is 7.55. The Morgan fingerprint density at radius 1 is 1.33 bits per heavy atom. The Morgan fingerprint density at radius 2 is 2.00 bits per heavy atom. The number of halogens is 2. The Morgan fingerprint density at radius 3 is 2.57 bits per heavy atom. The summed E-state index contributed by atoms with van der Waals surface area (Å²) in [5, 5.41) is 0. The first-order valence-corrected chi connectivity index (χ1v) is 7.55. The third kappa shape index (κ3) is 5.21. The van der Waals surface area contributed by atoms with Crippen molar-refractivity contribution in [2.75, 3.05) is 0 Å². The summed E-state index contributed by atoms with van der Waals surface area (Å²) >= 11 is 0. The molecule has 1 aliphatic carbocycles. The standard InChI is InChI=1S/C16H24F2O3/c1-4-5-10-16(17,18)15(20)9-7-13-6-8-14(11(13)2)21-12(3)19/h7,9,11,13-14H,4-6,8,10H2,1-3H3. The van der Waals surface area contributed by atoms with Gasteiger partial charge in [0.2, 0.25) is 5.78 Å². The Kier molecular flexibility index (Phi) is 6.49. The fourth-order valence-corrected chi connectivity index (χ4v) is 2.66. The van der Waals surface area contributed by atoms with Crippen LogP contribution >= 0.6 is 0 Å². The van der Waals surface area contributed by atoms with Gasteiger partial charge < -0.3 is 4.74 Å². The molecule has 0 N–H and O–H groups in total. The van der Waals surface area contributed by atoms with Gasteiger partial charge in [-0.1, -0.05) is 26.3 Å². The van der Waals surface area contributed by atoms with Gasteiger partial charge in [-0.2, -0.15) is 8.78 Å². The molecule has 1 saturated carbocycles. The van der Waals surface area contributed by atoms with Crippen LogP contribution in [0, 0.1) is 11.8 Å². The molecule has 1 fully saturated rings. The zero-order valence-electron chi connectivity index (χ0n) is 12.9. The average Bonchev–Trinajstić information content (AvgIpc) is 2.74. The molecule has 120 valence electrons. The minimum atomic E-state index is -3.27. The Hall–Kier alpha value is -1.26. The molecule has 1 aliphatic rings. The predicted octanol–water partition coefficient (Wildman–Crippen LogP) is 3.92. The summed E-state index contributed by atoms with van der Waals surface area (Å²) in [6.07, 6.45) is 4.39. The molecule has 3 nitrogen and oxygen atoms in total. The van der Waals surface area contributed by atoms with Gasteiger partial charge in [0.15, 0.2) is 0 Å². The van der Waals surface area contributed by atoms with E-state index in [4.69, 9.17) is 4.74 Å². The van der Waals surface area contributed by atoms with Gasteiger partial charge in [0, 0.05) is 13.3 Å². The molecule has 1 rings (SSSR count). The maximum atomic E-state index is 13.6. The van der Waals surface area contributed by atoms with Crippen molar-refractivity contribution in [1.82, 2.24) is 0 Å². The molecule has 3 atom stereocenters. The second-order valence-electron chi connectivity index (χ2n) is 5.78. The van der Waals surface area contributed by atoms with Gasteiger partial charge in [0.05, 0.1) is 0 Å². The number of unbranched alkanes of at least 4 members (excludes halogenated alkanes) is 1. The first kappa shape index (κ1) is 17.8. The van der Waals surface area contributed by atoms with Crippen LogP contribution in [0.15, 0.2) is 12.2 Å². The number of carbonyl (C=O) groups is 2. The molecule has 0 saturated heterocycles. The summed E-state index contributed by atoms with van der Waals surface area (Å²) in [6.45, 7) is 5.08. The number of ketones is 1. The van der Waals surface area contributed by atoms with E-state index in [1.165, 1.54) is 6.92 Å². The van der Waals surface area contributed by atoms with Gasteiger partial charge >= 0.3 is 11.9 Å². The smallest absolute Gasteiger partial charge is 0.309 e. The lowest BCUT2D eigenvalue weighted by molar-refractivity contribution is -0.148. The number of hydrogen-bond donors (Lipinski definition) is 0. The van der Waals surface area contributed by atoms with Crippen LogP contribution in [-0.2, 0) is 14.3 Å². The van der Waals surface area contributed by atoms with Crippen LogP contribution in [-0.4, -0.2) is 23.8 Å². The molecule has 0 spiro atoms. The van der Waals surface area contributed by atoms with Crippen LogP contribution < -0.4 is 0 Å². The van der Waals surface area contributed by atoms with E-state index in [0.717, 1.165) is 12.5 Å². The lowest BCUT2D eigenvalue weighted by atomic mass is 9.95. The topological polar surface area (TPSA) is 43.4 Å². The zero-order chi connectivity index (χ0) is 16.0. The second-order valence-corrected chi connectivity index (χ2v) is 5.78. The van der Waals surface area contributed by atoms with Gasteiger partial charge in [-0.15, -0.1) is 0 Å². The average molecular weight is 302 g/mol. The van der Waals surface area contributed by atoms with E-state index in [1.54, 1.807) is 6.08 Å². The molecule has 0 radical (unpaired) electrons. The molecular weight excluding hydrogens is 278 g/mol. The predicted molar refractivity (Wildman–Crippen MR) is 76.1 cm³/mol. The van der Waals surface area contributed by atoms with Crippen LogP contribution in [0.1, 0.15) is 52.9 Å². The van der Waals surface area contributed by atoms with Crippen LogP contribution in [0.3, 0.4) is 0 Å². The van der Waals surface area contributed by atoms with Crippen molar-refractivity contribution in [2.24, 2.45) is 11.8 Å². The number of esters is 1. The Bertz CT molecular complexity index is 404. The fraction of sp³-hybridized carbons (Fsp3) is 0.750. The highest BCUT2D eigenvalue weighted by Gasteiger charge is 2.37. The summed E-state index contributed by atoms with van der Waals surface area (Å²) in [5.41, 5.74) is 0. The largest absolute Gasteiger partial charge is 0.462 e. The summed E-state index contributed by atoms with van der Waals surface area (Å²) in [5.74, 6) is -4.69. The van der Waals surface area contributed by atoms with E-state index >= 15 is 0 Å². The summed E-state index contributed by atoms with van der Waals surface area (Å²) < 4.78 is 32.3. The van der Waals surface area contributed by atoms with Crippen LogP contribution in [0.5, 0.6) is 0 Å². The number of allylic oxidation sites excluding steroid dienone is 2. The van der Waals surface area contributed by atoms with Gasteiger partial charge in [0.25, 0.3) is 0 Å². The maximum absolute atomic E-state index is 13.6. The highest BCUT2D eigenvalue weighted by molar-refractivity contribution is 5.95. The first-order chi connectivity index (χ1) is 9.77. The number of rotatable bonds is 7. The van der Waals surface area contributed by atoms with Gasteiger partial charge in [-0.3, -0.25) is 9.59 Å². The van der Waals surface area contributed by atoms with E-state index in [0.29, 0.717) is 19.3 Å². The number of ether oxygens (including phenoxy) is 1. The normalized spacial score (nSPS) is 26.2. The third-order valence-electron chi connectivity index (χ3n) is 4.06. The maximum Gasteiger partial charge on any atom is 0.309 e. The molecule has 0 aromatic rings. The summed E-state index contributed by atoms with van der Waals surface area (Å²) in [6, 6.07) is 0. The molecule has 21 heavy (non-hydrogen) atoms. The highest BCUT2D eigenvalue weighted by atomic mass is 19.3. The van der Waals surface area contributed by atoms with Crippen molar-refractivity contribution >= 4 is 11.8 Å². The van der Waals surface area contributed by atoms with Crippen molar-refractivity contribution in [3.8, 4) is 0 Å². The second kappa shape index (κ2) is 7.66. The van der Waals surface area contributed by atoms with Crippen molar-refractivity contribution in [2.45, 2.75) is 64.9 Å². The van der Waals surface area contributed by atoms with Gasteiger partial charge in [-0.25, -0.2) is 0 Å². The van der Waals surface area contributed by atoms with Crippen LogP contribution in [0.4, 0.5) is 8.78 Å². The molecule has 5 heteroatoms. The number of alkyl halides is 2. The minimum absolute atomic E-state index is 0.000255. The van der Waals surface area contributed by atoms with E-state index in [-0.39, 0.29) is 23.9 Å². The van der Waals surface area contributed by atoms with Gasteiger partial charge in [-0.05, 0) is 37.2 Å². The van der Waals surface area contributed by atoms with E-state index < -0.39 is 18.1 Å². The molecule has 0 aromatic carbocycles. The summed E-state index contributed by atoms with van der Waals surface area (Å²) in [7, 11) is 0. The third-order valence-corrected chi connectivity index (χ3v) is 4.06. The zero-order valence-corrected chi connectivity index (χ0v) is 12.9. The van der Waals surface area contributed by atoms with Crippen molar-refractivity contribution in [1.29, 1.82) is 0 Å². The number of carbonyl (C=O) groups excluding carboxylic acids is 2. The van der Waals surface area contributed by atoms with Crippen LogP contribution in [0.25, 0.3) is 0 Å². The van der Waals surface area contributed by atoms with Crippen molar-refractivity contribution in [3.05, 3.63) is 12.2 Å². The van der Waals surface area contributed by atoms with Crippen LogP contribution in [0.2, 0.25) is 0 Å². The molecule has 0 heterocycles. The Labute approximate surface area is 124 Å². The fourth-order valence-electron chi connectivity index (χ4n) is 2.66. The highest BCUT2D eigenvalue weighted by Crippen LogP contribution is 2.35. The quantitative estimate of drug-likeness (QED) is 0.529. The SMILES string of the molecule is CCCCC(F)(F)C(=O)C=CC1CCC(OC(C)=O)C1C.